The highest BCUT2D eigenvalue weighted by molar-refractivity contribution is 5.69. The van der Waals surface area contributed by atoms with E-state index < -0.39 is 6.10 Å². The number of hydrogen-bond acceptors (Lipinski definition) is 3. The summed E-state index contributed by atoms with van der Waals surface area (Å²) in [5.41, 5.74) is 4.61. The predicted molar refractivity (Wildman–Crippen MR) is 85.7 cm³/mol. The quantitative estimate of drug-likeness (QED) is 0.752. The smallest absolute Gasteiger partial charge is 0.101 e. The van der Waals surface area contributed by atoms with Gasteiger partial charge in [0.05, 0.1) is 30.0 Å². The van der Waals surface area contributed by atoms with Crippen molar-refractivity contribution in [3.05, 3.63) is 60.3 Å². The molecule has 0 spiro atoms. The van der Waals surface area contributed by atoms with Gasteiger partial charge in [-0.25, -0.2) is 4.98 Å². The Bertz CT molecular complexity index is 865. The molecule has 2 aromatic heterocycles. The van der Waals surface area contributed by atoms with Gasteiger partial charge in [-0.15, -0.1) is 0 Å². The van der Waals surface area contributed by atoms with Gasteiger partial charge in [0.2, 0.25) is 0 Å². The van der Waals surface area contributed by atoms with Crippen LogP contribution in [0.1, 0.15) is 36.2 Å². The molecule has 23 heavy (non-hydrogen) atoms. The minimum absolute atomic E-state index is 0.129. The molecule has 4 heterocycles. The molecule has 0 bridgehead atoms. The topological polar surface area (TPSA) is 55.9 Å². The first-order valence-corrected chi connectivity index (χ1v) is 8.15. The Kier molecular flexibility index (Phi) is 2.73. The largest absolute Gasteiger partial charge is 0.386 e. The SMILES string of the molecule is O[C@@H]1c2ccnn2CCC[C@@H]1[C@@H]1c2ccccc2-c2cncn21. The zero-order valence-corrected chi connectivity index (χ0v) is 12.7. The summed E-state index contributed by atoms with van der Waals surface area (Å²) in [6.45, 7) is 0.876. The molecule has 1 N–H and O–H groups in total. The molecule has 0 radical (unpaired) electrons. The van der Waals surface area contributed by atoms with Crippen molar-refractivity contribution in [3.8, 4) is 11.3 Å². The number of imidazole rings is 1. The van der Waals surface area contributed by atoms with Crippen LogP contribution in [0.15, 0.2) is 49.1 Å². The summed E-state index contributed by atoms with van der Waals surface area (Å²) in [6, 6.07) is 10.6. The van der Waals surface area contributed by atoms with Gasteiger partial charge < -0.3 is 9.67 Å². The number of benzene rings is 1. The van der Waals surface area contributed by atoms with Crippen LogP contribution >= 0.6 is 0 Å². The Morgan fingerprint density at radius 2 is 2.09 bits per heavy atom. The van der Waals surface area contributed by atoms with Crippen LogP contribution in [0.5, 0.6) is 0 Å². The molecule has 5 heteroatoms. The van der Waals surface area contributed by atoms with Crippen molar-refractivity contribution >= 4 is 0 Å². The van der Waals surface area contributed by atoms with Crippen LogP contribution in [0.4, 0.5) is 0 Å². The Hall–Kier alpha value is -2.40. The summed E-state index contributed by atoms with van der Waals surface area (Å²) in [6.07, 6.45) is 7.10. The lowest BCUT2D eigenvalue weighted by Crippen LogP contribution is -2.23. The van der Waals surface area contributed by atoms with E-state index in [1.807, 2.05) is 23.3 Å². The Balaban J connectivity index is 1.65. The highest BCUT2D eigenvalue weighted by atomic mass is 16.3. The van der Waals surface area contributed by atoms with Crippen LogP contribution in [-0.4, -0.2) is 24.4 Å². The number of aliphatic hydroxyl groups excluding tert-OH is 1. The number of hydrogen-bond donors (Lipinski definition) is 1. The second-order valence-electron chi connectivity index (χ2n) is 6.45. The van der Waals surface area contributed by atoms with E-state index in [1.54, 1.807) is 6.20 Å². The number of fused-ring (bicyclic) bond motifs is 4. The summed E-state index contributed by atoms with van der Waals surface area (Å²) in [7, 11) is 0. The van der Waals surface area contributed by atoms with E-state index in [0.717, 1.165) is 30.8 Å². The first-order chi connectivity index (χ1) is 11.3. The normalized spacial score (nSPS) is 25.5. The van der Waals surface area contributed by atoms with E-state index in [1.165, 1.54) is 11.1 Å². The average molecular weight is 306 g/mol. The standard InChI is InChI=1S/C18H18N4O/c23-18-14(6-3-9-22-15(18)7-8-20-22)17-13-5-2-1-4-12(13)16-10-19-11-21(16)17/h1-2,4-5,7-8,10-11,14,17-18,23H,3,6,9H2/t14-,17+,18+/m1/s1. The Labute approximate surface area is 134 Å². The highest BCUT2D eigenvalue weighted by Gasteiger charge is 2.39. The van der Waals surface area contributed by atoms with Crippen LogP contribution < -0.4 is 0 Å². The minimum atomic E-state index is -0.508. The molecule has 5 rings (SSSR count). The van der Waals surface area contributed by atoms with Gasteiger partial charge in [-0.2, -0.15) is 5.10 Å². The minimum Gasteiger partial charge on any atom is -0.386 e. The van der Waals surface area contributed by atoms with Crippen molar-refractivity contribution in [2.24, 2.45) is 5.92 Å². The molecule has 3 aromatic rings. The van der Waals surface area contributed by atoms with Gasteiger partial charge in [0.25, 0.3) is 0 Å². The maximum atomic E-state index is 11.0. The summed E-state index contributed by atoms with van der Waals surface area (Å²) in [5.74, 6) is 0.129. The number of nitrogens with zero attached hydrogens (tertiary/aromatic N) is 4. The predicted octanol–water partition coefficient (Wildman–Crippen LogP) is 2.79. The number of aryl methyl sites for hydroxylation is 1. The summed E-state index contributed by atoms with van der Waals surface area (Å²) in [5, 5.41) is 15.4. The molecule has 3 atom stereocenters. The molecule has 1 aromatic carbocycles. The molecule has 0 amide bonds. The third-order valence-corrected chi connectivity index (χ3v) is 5.29. The monoisotopic (exact) mass is 306 g/mol. The first-order valence-electron chi connectivity index (χ1n) is 8.15. The maximum absolute atomic E-state index is 11.0. The zero-order valence-electron chi connectivity index (χ0n) is 12.7. The van der Waals surface area contributed by atoms with Crippen LogP contribution in [0.25, 0.3) is 11.3 Å². The molecule has 2 aliphatic heterocycles. The van der Waals surface area contributed by atoms with Crippen LogP contribution in [-0.2, 0) is 6.54 Å². The van der Waals surface area contributed by atoms with Gasteiger partial charge in [0, 0.05) is 24.2 Å². The average Bonchev–Trinajstić information content (AvgIpc) is 3.25. The zero-order chi connectivity index (χ0) is 15.4. The summed E-state index contributed by atoms with van der Waals surface area (Å²) < 4.78 is 4.17. The fourth-order valence-corrected chi connectivity index (χ4v) is 4.28. The fourth-order valence-electron chi connectivity index (χ4n) is 4.28. The lowest BCUT2D eigenvalue weighted by molar-refractivity contribution is 0.0799. The number of aromatic nitrogens is 4. The van der Waals surface area contributed by atoms with E-state index in [-0.39, 0.29) is 12.0 Å². The first kappa shape index (κ1) is 13.1. The molecule has 0 fully saturated rings. The maximum Gasteiger partial charge on any atom is 0.101 e. The molecule has 5 nitrogen and oxygen atoms in total. The Morgan fingerprint density at radius 3 is 3.04 bits per heavy atom. The van der Waals surface area contributed by atoms with Gasteiger partial charge >= 0.3 is 0 Å². The van der Waals surface area contributed by atoms with E-state index in [2.05, 4.69) is 38.9 Å². The molecular weight excluding hydrogens is 288 g/mol. The highest BCUT2D eigenvalue weighted by Crippen LogP contribution is 2.48. The Morgan fingerprint density at radius 1 is 1.17 bits per heavy atom. The summed E-state index contributed by atoms with van der Waals surface area (Å²) >= 11 is 0. The van der Waals surface area contributed by atoms with Gasteiger partial charge in [0.15, 0.2) is 0 Å². The van der Waals surface area contributed by atoms with E-state index >= 15 is 0 Å². The van der Waals surface area contributed by atoms with Crippen molar-refractivity contribution in [2.45, 2.75) is 31.5 Å². The fraction of sp³-hybridized carbons (Fsp3) is 0.333. The second kappa shape index (κ2) is 4.80. The molecule has 2 aliphatic rings. The number of rotatable bonds is 1. The van der Waals surface area contributed by atoms with Crippen molar-refractivity contribution in [1.29, 1.82) is 0 Å². The van der Waals surface area contributed by atoms with E-state index in [4.69, 9.17) is 0 Å². The third kappa shape index (κ3) is 1.77. The lowest BCUT2D eigenvalue weighted by Gasteiger charge is -2.28. The number of aliphatic hydroxyl groups is 1. The van der Waals surface area contributed by atoms with Gasteiger partial charge in [-0.1, -0.05) is 24.3 Å². The molecular formula is C18H18N4O. The van der Waals surface area contributed by atoms with Crippen molar-refractivity contribution in [2.75, 3.05) is 0 Å². The molecule has 0 saturated carbocycles. The van der Waals surface area contributed by atoms with Gasteiger partial charge in [0.1, 0.15) is 6.10 Å². The molecule has 116 valence electrons. The van der Waals surface area contributed by atoms with E-state index in [9.17, 15) is 5.11 Å². The molecule has 0 aliphatic carbocycles. The molecule has 0 saturated heterocycles. The van der Waals surface area contributed by atoms with Gasteiger partial charge in [-0.3, -0.25) is 4.68 Å². The van der Waals surface area contributed by atoms with Crippen LogP contribution in [0.3, 0.4) is 0 Å². The van der Waals surface area contributed by atoms with Crippen LogP contribution in [0, 0.1) is 5.92 Å². The summed E-state index contributed by atoms with van der Waals surface area (Å²) in [4.78, 5) is 4.33. The second-order valence-corrected chi connectivity index (χ2v) is 6.45. The van der Waals surface area contributed by atoms with Crippen molar-refractivity contribution in [1.82, 2.24) is 19.3 Å². The van der Waals surface area contributed by atoms with Crippen molar-refractivity contribution < 1.29 is 5.11 Å². The van der Waals surface area contributed by atoms with E-state index in [0.29, 0.717) is 0 Å². The van der Waals surface area contributed by atoms with Crippen molar-refractivity contribution in [3.63, 3.8) is 0 Å². The molecule has 0 unspecified atom stereocenters. The van der Waals surface area contributed by atoms with Crippen LogP contribution in [0.2, 0.25) is 0 Å². The van der Waals surface area contributed by atoms with Gasteiger partial charge in [-0.05, 0) is 24.5 Å². The lowest BCUT2D eigenvalue weighted by atomic mass is 9.84. The third-order valence-electron chi connectivity index (χ3n) is 5.29.